The molecule has 6 nitrogen and oxygen atoms in total. The number of carboxylic acids is 1. The van der Waals surface area contributed by atoms with E-state index in [0.29, 0.717) is 5.69 Å². The van der Waals surface area contributed by atoms with Gasteiger partial charge in [0.2, 0.25) is 0 Å². The molecule has 3 rings (SSSR count). The average Bonchev–Trinajstić information content (AvgIpc) is 2.89. The van der Waals surface area contributed by atoms with Gasteiger partial charge in [0.1, 0.15) is 5.69 Å². The van der Waals surface area contributed by atoms with E-state index >= 15 is 0 Å². The van der Waals surface area contributed by atoms with Crippen LogP contribution in [0.2, 0.25) is 0 Å². The third kappa shape index (κ3) is 2.67. The predicted molar refractivity (Wildman–Crippen MR) is 83.1 cm³/mol. The van der Waals surface area contributed by atoms with Gasteiger partial charge >= 0.3 is 5.97 Å². The van der Waals surface area contributed by atoms with Crippen molar-refractivity contribution in [1.29, 1.82) is 0 Å². The van der Waals surface area contributed by atoms with E-state index in [-0.39, 0.29) is 5.56 Å². The molecule has 22 heavy (non-hydrogen) atoms. The lowest BCUT2D eigenvalue weighted by atomic mass is 10.1. The summed E-state index contributed by atoms with van der Waals surface area (Å²) in [7, 11) is 1.82. The van der Waals surface area contributed by atoms with Gasteiger partial charge in [0.15, 0.2) is 0 Å². The van der Waals surface area contributed by atoms with Crippen molar-refractivity contribution >= 4 is 17.3 Å². The number of nitrogens with one attached hydrogen (secondary N) is 1. The van der Waals surface area contributed by atoms with Crippen LogP contribution in [0, 0.1) is 0 Å². The van der Waals surface area contributed by atoms with Crippen LogP contribution in [-0.4, -0.2) is 25.8 Å². The molecule has 6 heteroatoms. The lowest BCUT2D eigenvalue weighted by Gasteiger charge is -2.08. The van der Waals surface area contributed by atoms with E-state index in [1.54, 1.807) is 10.9 Å². The van der Waals surface area contributed by atoms with Gasteiger partial charge in [0, 0.05) is 25.0 Å². The molecule has 0 unspecified atom stereocenters. The summed E-state index contributed by atoms with van der Waals surface area (Å²) in [5.41, 5.74) is 3.02. The molecule has 110 valence electrons. The molecule has 2 N–H and O–H groups in total. The van der Waals surface area contributed by atoms with Crippen LogP contribution >= 0.6 is 0 Å². The Morgan fingerprint density at radius 2 is 1.95 bits per heavy atom. The molecule has 0 radical (unpaired) electrons. The zero-order valence-electron chi connectivity index (χ0n) is 11.9. The van der Waals surface area contributed by atoms with E-state index < -0.39 is 5.97 Å². The highest BCUT2D eigenvalue weighted by atomic mass is 16.4. The van der Waals surface area contributed by atoms with Crippen LogP contribution < -0.4 is 5.32 Å². The summed E-state index contributed by atoms with van der Waals surface area (Å²) in [5.74, 6) is -1.00. The second-order valence-corrected chi connectivity index (χ2v) is 4.78. The molecule has 0 spiro atoms. The highest BCUT2D eigenvalue weighted by molar-refractivity contribution is 5.95. The zero-order chi connectivity index (χ0) is 15.5. The number of rotatable bonds is 4. The van der Waals surface area contributed by atoms with Crippen LogP contribution in [0.4, 0.5) is 11.4 Å². The van der Waals surface area contributed by atoms with Gasteiger partial charge in [-0.05, 0) is 6.07 Å². The lowest BCUT2D eigenvalue weighted by molar-refractivity contribution is 0.0698. The Bertz CT molecular complexity index is 812. The van der Waals surface area contributed by atoms with Gasteiger partial charge in [-0.25, -0.2) is 4.79 Å². The van der Waals surface area contributed by atoms with Crippen LogP contribution in [-0.2, 0) is 7.05 Å². The van der Waals surface area contributed by atoms with E-state index in [1.165, 1.54) is 18.5 Å². The van der Waals surface area contributed by atoms with E-state index in [0.717, 1.165) is 16.9 Å². The van der Waals surface area contributed by atoms with Crippen LogP contribution in [0.1, 0.15) is 10.4 Å². The number of pyridine rings is 1. The molecule has 2 aromatic heterocycles. The maximum Gasteiger partial charge on any atom is 0.337 e. The van der Waals surface area contributed by atoms with Gasteiger partial charge in [0.25, 0.3) is 0 Å². The van der Waals surface area contributed by atoms with E-state index in [4.69, 9.17) is 0 Å². The van der Waals surface area contributed by atoms with Gasteiger partial charge in [0.05, 0.1) is 23.1 Å². The maximum absolute atomic E-state index is 11.3. The number of aryl methyl sites for hydroxylation is 1. The number of aromatic carboxylic acids is 1. The molecule has 2 heterocycles. The van der Waals surface area contributed by atoms with Crippen molar-refractivity contribution in [3.8, 4) is 11.3 Å². The third-order valence-corrected chi connectivity index (χ3v) is 3.20. The number of carboxylic acid groups (broad SMARTS) is 1. The standard InChI is InChI=1S/C16H14N4O2/c1-20-10-14(15(19-20)11-5-3-2-4-6-11)18-13-9-17-8-7-12(13)16(21)22/h2-10,18H,1H3,(H,21,22). The smallest absolute Gasteiger partial charge is 0.337 e. The zero-order valence-corrected chi connectivity index (χ0v) is 11.9. The van der Waals surface area contributed by atoms with Crippen LogP contribution in [0.3, 0.4) is 0 Å². The summed E-state index contributed by atoms with van der Waals surface area (Å²) in [6.45, 7) is 0. The minimum Gasteiger partial charge on any atom is -0.478 e. The largest absolute Gasteiger partial charge is 0.478 e. The minimum absolute atomic E-state index is 0.165. The monoisotopic (exact) mass is 294 g/mol. The van der Waals surface area contributed by atoms with Crippen molar-refractivity contribution in [3.05, 3.63) is 60.6 Å². The summed E-state index contributed by atoms with van der Waals surface area (Å²) in [4.78, 5) is 15.3. The number of anilines is 2. The van der Waals surface area contributed by atoms with Gasteiger partial charge in [-0.3, -0.25) is 9.67 Å². The Hall–Kier alpha value is -3.15. The minimum atomic E-state index is -1.00. The molecule has 0 amide bonds. The fourth-order valence-corrected chi connectivity index (χ4v) is 2.21. The first kappa shape index (κ1) is 13.8. The van der Waals surface area contributed by atoms with Crippen LogP contribution in [0.25, 0.3) is 11.3 Å². The molecule has 0 aliphatic heterocycles. The Balaban J connectivity index is 2.03. The number of nitrogens with zero attached hydrogens (tertiary/aromatic N) is 3. The van der Waals surface area contributed by atoms with Crippen molar-refractivity contribution in [1.82, 2.24) is 14.8 Å². The fraction of sp³-hybridized carbons (Fsp3) is 0.0625. The first-order valence-corrected chi connectivity index (χ1v) is 6.68. The van der Waals surface area contributed by atoms with Gasteiger partial charge in [-0.15, -0.1) is 0 Å². The Labute approximate surface area is 127 Å². The first-order valence-electron chi connectivity index (χ1n) is 6.68. The summed E-state index contributed by atoms with van der Waals surface area (Å²) in [6.07, 6.45) is 4.75. The number of aromatic nitrogens is 3. The molecule has 0 atom stereocenters. The molecular weight excluding hydrogens is 280 g/mol. The predicted octanol–water partition coefficient (Wildman–Crippen LogP) is 2.92. The maximum atomic E-state index is 11.3. The Morgan fingerprint density at radius 3 is 2.68 bits per heavy atom. The molecule has 0 saturated heterocycles. The van der Waals surface area contributed by atoms with Crippen molar-refractivity contribution in [3.63, 3.8) is 0 Å². The molecule has 0 bridgehead atoms. The molecule has 0 saturated carbocycles. The summed E-state index contributed by atoms with van der Waals surface area (Å²) < 4.78 is 1.68. The lowest BCUT2D eigenvalue weighted by Crippen LogP contribution is -2.03. The summed E-state index contributed by atoms with van der Waals surface area (Å²) in [6, 6.07) is 11.2. The molecule has 0 fully saturated rings. The molecule has 1 aromatic carbocycles. The topological polar surface area (TPSA) is 80.0 Å². The van der Waals surface area contributed by atoms with Gasteiger partial charge in [-0.1, -0.05) is 30.3 Å². The normalized spacial score (nSPS) is 10.4. The van der Waals surface area contributed by atoms with Crippen LogP contribution in [0.15, 0.2) is 55.0 Å². The number of carbonyl (C=O) groups is 1. The van der Waals surface area contributed by atoms with Crippen molar-refractivity contribution in [2.75, 3.05) is 5.32 Å². The number of benzene rings is 1. The van der Waals surface area contributed by atoms with Crippen molar-refractivity contribution in [2.24, 2.45) is 7.05 Å². The highest BCUT2D eigenvalue weighted by Crippen LogP contribution is 2.29. The summed E-state index contributed by atoms with van der Waals surface area (Å²) >= 11 is 0. The molecule has 0 aliphatic rings. The third-order valence-electron chi connectivity index (χ3n) is 3.20. The molecular formula is C16H14N4O2. The van der Waals surface area contributed by atoms with E-state index in [9.17, 15) is 9.90 Å². The average molecular weight is 294 g/mol. The van der Waals surface area contributed by atoms with Gasteiger partial charge < -0.3 is 10.4 Å². The quantitative estimate of drug-likeness (QED) is 0.773. The highest BCUT2D eigenvalue weighted by Gasteiger charge is 2.14. The Kier molecular flexibility index (Phi) is 3.57. The van der Waals surface area contributed by atoms with Crippen molar-refractivity contribution < 1.29 is 9.90 Å². The second-order valence-electron chi connectivity index (χ2n) is 4.78. The number of hydrogen-bond acceptors (Lipinski definition) is 4. The van der Waals surface area contributed by atoms with Crippen molar-refractivity contribution in [2.45, 2.75) is 0 Å². The van der Waals surface area contributed by atoms with E-state index in [2.05, 4.69) is 15.4 Å². The Morgan fingerprint density at radius 1 is 1.18 bits per heavy atom. The van der Waals surface area contributed by atoms with Crippen LogP contribution in [0.5, 0.6) is 0 Å². The SMILES string of the molecule is Cn1cc(Nc2cnccc2C(=O)O)c(-c2ccccc2)n1. The molecule has 0 aliphatic carbocycles. The molecule has 3 aromatic rings. The second kappa shape index (κ2) is 5.69. The first-order chi connectivity index (χ1) is 10.6. The number of hydrogen-bond donors (Lipinski definition) is 2. The van der Waals surface area contributed by atoms with Gasteiger partial charge in [-0.2, -0.15) is 5.10 Å². The fourth-order valence-electron chi connectivity index (χ4n) is 2.21. The summed E-state index contributed by atoms with van der Waals surface area (Å²) in [5, 5.41) is 16.8. The van der Waals surface area contributed by atoms with E-state index in [1.807, 2.05) is 37.4 Å².